The highest BCUT2D eigenvalue weighted by atomic mass is 16.5. The van der Waals surface area contributed by atoms with E-state index in [0.29, 0.717) is 11.4 Å². The number of anilines is 1. The van der Waals surface area contributed by atoms with Gasteiger partial charge in [0.15, 0.2) is 0 Å². The Morgan fingerprint density at radius 3 is 1.97 bits per heavy atom. The standard InChI is InChI=1S/C24H28N2O3.2C2H6/c1-6-16-8-11-19(14-17(16)7-2)26-22(27)21(15-25)18-9-12-20(13-10-18)29-23(28)24(3,4)5;2*1-2/h6-14,21H,1-2,15,25H2,3-5H3,(H,26,27);2*1-2H3. The lowest BCUT2D eigenvalue weighted by Gasteiger charge is -2.18. The van der Waals surface area contributed by atoms with Crippen LogP contribution in [0.5, 0.6) is 5.75 Å². The van der Waals surface area contributed by atoms with E-state index in [4.69, 9.17) is 10.5 Å². The highest BCUT2D eigenvalue weighted by Crippen LogP contribution is 2.24. The molecule has 0 aromatic heterocycles. The van der Waals surface area contributed by atoms with Crippen LogP contribution < -0.4 is 15.8 Å². The number of rotatable bonds is 7. The van der Waals surface area contributed by atoms with Crippen LogP contribution in [0.1, 0.15) is 71.1 Å². The van der Waals surface area contributed by atoms with E-state index in [-0.39, 0.29) is 18.4 Å². The minimum atomic E-state index is -0.593. The molecule has 0 saturated carbocycles. The van der Waals surface area contributed by atoms with E-state index < -0.39 is 11.3 Å². The maximum atomic E-state index is 12.8. The summed E-state index contributed by atoms with van der Waals surface area (Å²) in [7, 11) is 0. The van der Waals surface area contributed by atoms with Gasteiger partial charge in [-0.25, -0.2) is 0 Å². The molecule has 2 aromatic rings. The van der Waals surface area contributed by atoms with E-state index in [1.165, 1.54) is 0 Å². The van der Waals surface area contributed by atoms with Crippen molar-refractivity contribution in [3.05, 3.63) is 72.3 Å². The van der Waals surface area contributed by atoms with Crippen molar-refractivity contribution in [3.8, 4) is 5.75 Å². The largest absolute Gasteiger partial charge is 0.426 e. The lowest BCUT2D eigenvalue weighted by Crippen LogP contribution is -2.27. The summed E-state index contributed by atoms with van der Waals surface area (Å²) in [5.74, 6) is -0.637. The molecule has 5 heteroatoms. The Morgan fingerprint density at radius 2 is 1.52 bits per heavy atom. The number of nitrogens with one attached hydrogen (secondary N) is 1. The maximum Gasteiger partial charge on any atom is 0.316 e. The molecule has 0 fully saturated rings. The Hall–Kier alpha value is -3.18. The number of esters is 1. The molecule has 3 N–H and O–H groups in total. The summed E-state index contributed by atoms with van der Waals surface area (Å²) >= 11 is 0. The van der Waals surface area contributed by atoms with Crippen molar-refractivity contribution >= 4 is 29.7 Å². The van der Waals surface area contributed by atoms with Gasteiger partial charge in [0.25, 0.3) is 0 Å². The predicted molar refractivity (Wildman–Crippen MR) is 141 cm³/mol. The number of amides is 1. The first-order valence-electron chi connectivity index (χ1n) is 11.4. The number of ether oxygens (including phenoxy) is 1. The Morgan fingerprint density at radius 1 is 0.970 bits per heavy atom. The molecule has 1 amide bonds. The molecular weight excluding hydrogens is 412 g/mol. The summed E-state index contributed by atoms with van der Waals surface area (Å²) in [6.45, 7) is 21.1. The lowest BCUT2D eigenvalue weighted by molar-refractivity contribution is -0.143. The molecule has 0 aliphatic carbocycles. The Bertz CT molecular complexity index is 910. The quantitative estimate of drug-likeness (QED) is 0.364. The van der Waals surface area contributed by atoms with Gasteiger partial charge in [-0.1, -0.05) is 71.2 Å². The van der Waals surface area contributed by atoms with Crippen LogP contribution in [0.4, 0.5) is 5.69 Å². The van der Waals surface area contributed by atoms with Gasteiger partial charge in [0.1, 0.15) is 5.75 Å². The van der Waals surface area contributed by atoms with E-state index in [1.54, 1.807) is 57.2 Å². The topological polar surface area (TPSA) is 81.4 Å². The summed E-state index contributed by atoms with van der Waals surface area (Å²) in [5.41, 5.74) is 8.49. The zero-order valence-corrected chi connectivity index (χ0v) is 21.2. The second-order valence-electron chi connectivity index (χ2n) is 7.74. The van der Waals surface area contributed by atoms with Gasteiger partial charge in [-0.05, 0) is 61.7 Å². The molecule has 1 atom stereocenters. The van der Waals surface area contributed by atoms with Crippen LogP contribution in [0, 0.1) is 5.41 Å². The highest BCUT2D eigenvalue weighted by molar-refractivity contribution is 5.96. The molecule has 0 aliphatic heterocycles. The third-order valence-corrected chi connectivity index (χ3v) is 4.45. The molecule has 0 aliphatic rings. The minimum Gasteiger partial charge on any atom is -0.426 e. The van der Waals surface area contributed by atoms with Gasteiger partial charge in [0.05, 0.1) is 11.3 Å². The van der Waals surface area contributed by atoms with E-state index >= 15 is 0 Å². The van der Waals surface area contributed by atoms with Crippen LogP contribution in [0.2, 0.25) is 0 Å². The van der Waals surface area contributed by atoms with Gasteiger partial charge in [0.2, 0.25) is 5.91 Å². The summed E-state index contributed by atoms with van der Waals surface area (Å²) in [4.78, 5) is 24.8. The Balaban J connectivity index is 0.00000242. The van der Waals surface area contributed by atoms with E-state index in [9.17, 15) is 9.59 Å². The first kappa shape index (κ1) is 29.8. The van der Waals surface area contributed by atoms with Crippen molar-refractivity contribution < 1.29 is 14.3 Å². The van der Waals surface area contributed by atoms with Gasteiger partial charge >= 0.3 is 5.97 Å². The predicted octanol–water partition coefficient (Wildman–Crippen LogP) is 6.66. The molecule has 2 aromatic carbocycles. The number of hydrogen-bond donors (Lipinski definition) is 2. The van der Waals surface area contributed by atoms with Crippen LogP contribution in [-0.2, 0) is 9.59 Å². The summed E-state index contributed by atoms with van der Waals surface area (Å²) in [6.07, 6.45) is 3.45. The average Bonchev–Trinajstić information content (AvgIpc) is 2.82. The molecule has 0 heterocycles. The molecule has 2 rings (SSSR count). The molecule has 180 valence electrons. The summed E-state index contributed by atoms with van der Waals surface area (Å²) in [5, 5.41) is 2.90. The number of carbonyl (C=O) groups excluding carboxylic acids is 2. The van der Waals surface area contributed by atoms with Crippen molar-refractivity contribution in [2.45, 2.75) is 54.4 Å². The second kappa shape index (κ2) is 14.8. The van der Waals surface area contributed by atoms with Gasteiger partial charge in [-0.3, -0.25) is 9.59 Å². The smallest absolute Gasteiger partial charge is 0.316 e. The summed E-state index contributed by atoms with van der Waals surface area (Å²) < 4.78 is 5.36. The number of nitrogens with two attached hydrogens (primary N) is 1. The molecule has 0 saturated heterocycles. The Labute approximate surface area is 199 Å². The van der Waals surface area contributed by atoms with Crippen LogP contribution in [0.3, 0.4) is 0 Å². The lowest BCUT2D eigenvalue weighted by atomic mass is 9.97. The van der Waals surface area contributed by atoms with Crippen molar-refractivity contribution in [1.29, 1.82) is 0 Å². The first-order chi connectivity index (χ1) is 15.7. The van der Waals surface area contributed by atoms with Crippen LogP contribution >= 0.6 is 0 Å². The Kier molecular flexibility index (Phi) is 13.4. The molecule has 0 radical (unpaired) electrons. The van der Waals surface area contributed by atoms with E-state index in [1.807, 2.05) is 45.9 Å². The van der Waals surface area contributed by atoms with Gasteiger partial charge in [-0.2, -0.15) is 0 Å². The number of hydrogen-bond acceptors (Lipinski definition) is 4. The molecule has 1 unspecified atom stereocenters. The SMILES string of the molecule is C=Cc1ccc(NC(=O)C(CN)c2ccc(OC(=O)C(C)(C)C)cc2)cc1C=C.CC.CC. The van der Waals surface area contributed by atoms with Crippen molar-refractivity contribution in [2.24, 2.45) is 11.1 Å². The zero-order chi connectivity index (χ0) is 25.6. The third kappa shape index (κ3) is 9.07. The molecule has 0 spiro atoms. The first-order valence-corrected chi connectivity index (χ1v) is 11.4. The minimum absolute atomic E-state index is 0.145. The number of benzene rings is 2. The van der Waals surface area contributed by atoms with Crippen LogP contribution in [0.25, 0.3) is 12.2 Å². The fourth-order valence-corrected chi connectivity index (χ4v) is 2.67. The second-order valence-corrected chi connectivity index (χ2v) is 7.74. The normalized spacial score (nSPS) is 10.9. The highest BCUT2D eigenvalue weighted by Gasteiger charge is 2.24. The molecular formula is C28H40N2O3. The van der Waals surface area contributed by atoms with Gasteiger partial charge in [0, 0.05) is 12.2 Å². The van der Waals surface area contributed by atoms with E-state index in [2.05, 4.69) is 18.5 Å². The van der Waals surface area contributed by atoms with Crippen LogP contribution in [0.15, 0.2) is 55.6 Å². The van der Waals surface area contributed by atoms with Crippen molar-refractivity contribution in [3.63, 3.8) is 0 Å². The summed E-state index contributed by atoms with van der Waals surface area (Å²) in [6, 6.07) is 12.4. The number of carbonyl (C=O) groups is 2. The van der Waals surface area contributed by atoms with E-state index in [0.717, 1.165) is 16.7 Å². The molecule has 5 nitrogen and oxygen atoms in total. The van der Waals surface area contributed by atoms with Crippen molar-refractivity contribution in [2.75, 3.05) is 11.9 Å². The molecule has 0 bridgehead atoms. The third-order valence-electron chi connectivity index (χ3n) is 4.45. The van der Waals surface area contributed by atoms with Gasteiger partial charge in [-0.15, -0.1) is 0 Å². The average molecular weight is 453 g/mol. The monoisotopic (exact) mass is 452 g/mol. The molecule has 33 heavy (non-hydrogen) atoms. The fourth-order valence-electron chi connectivity index (χ4n) is 2.67. The van der Waals surface area contributed by atoms with Crippen molar-refractivity contribution in [1.82, 2.24) is 0 Å². The van der Waals surface area contributed by atoms with Crippen LogP contribution in [-0.4, -0.2) is 18.4 Å². The van der Waals surface area contributed by atoms with Gasteiger partial charge < -0.3 is 15.8 Å². The fraction of sp³-hybridized carbons (Fsp3) is 0.357. The maximum absolute atomic E-state index is 12.8. The zero-order valence-electron chi connectivity index (χ0n) is 21.2.